The van der Waals surface area contributed by atoms with Crippen molar-refractivity contribution in [2.75, 3.05) is 0 Å². The number of ether oxygens (including phenoxy) is 1. The molecule has 0 radical (unpaired) electrons. The number of hydrogen-bond acceptors (Lipinski definition) is 6. The molecule has 1 aromatic heterocycles. The van der Waals surface area contributed by atoms with Gasteiger partial charge in [-0.15, -0.1) is 11.3 Å². The Morgan fingerprint density at radius 1 is 1.21 bits per heavy atom. The summed E-state index contributed by atoms with van der Waals surface area (Å²) in [5.41, 5.74) is 1.60. The van der Waals surface area contributed by atoms with E-state index in [-0.39, 0.29) is 18.2 Å². The molecule has 4 nitrogen and oxygen atoms in total. The Bertz CT molecular complexity index is 1050. The lowest BCUT2D eigenvalue weighted by atomic mass is 10.1. The Hall–Kier alpha value is -2.77. The molecule has 1 aliphatic rings. The van der Waals surface area contributed by atoms with Gasteiger partial charge in [0.15, 0.2) is 5.78 Å². The van der Waals surface area contributed by atoms with E-state index in [0.29, 0.717) is 20.7 Å². The van der Waals surface area contributed by atoms with Gasteiger partial charge in [-0.3, -0.25) is 10.2 Å². The van der Waals surface area contributed by atoms with Crippen LogP contribution in [0.25, 0.3) is 6.08 Å². The molecule has 1 atom stereocenters. The zero-order valence-corrected chi connectivity index (χ0v) is 16.2. The van der Waals surface area contributed by atoms with Crippen LogP contribution in [-0.4, -0.2) is 15.8 Å². The molecule has 3 aromatic rings. The molecular weight excluding hydrogens is 395 g/mol. The van der Waals surface area contributed by atoms with E-state index < -0.39 is 5.92 Å². The van der Waals surface area contributed by atoms with Crippen molar-refractivity contribution in [2.24, 2.45) is 0 Å². The zero-order chi connectivity index (χ0) is 19.5. The van der Waals surface area contributed by atoms with E-state index in [0.717, 1.165) is 11.1 Å². The molecule has 1 saturated heterocycles. The Labute approximate surface area is 169 Å². The number of Topliss-reactive ketones (excluding diaryl/α,β-unsaturated/α-hetero) is 1. The van der Waals surface area contributed by atoms with Crippen molar-refractivity contribution >= 4 is 40.0 Å². The highest BCUT2D eigenvalue weighted by molar-refractivity contribution is 8.19. The molecule has 0 spiro atoms. The number of aromatic nitrogens is 1. The maximum absolute atomic E-state index is 13.2. The fourth-order valence-corrected chi connectivity index (χ4v) is 4.60. The van der Waals surface area contributed by atoms with E-state index >= 15 is 0 Å². The highest BCUT2D eigenvalue weighted by Gasteiger charge is 2.38. The van der Waals surface area contributed by atoms with Crippen LogP contribution in [0.1, 0.15) is 22.1 Å². The minimum absolute atomic E-state index is 0.0867. The van der Waals surface area contributed by atoms with Crippen molar-refractivity contribution in [3.8, 4) is 5.75 Å². The van der Waals surface area contributed by atoms with Crippen molar-refractivity contribution in [1.82, 2.24) is 4.98 Å². The molecule has 1 N–H and O–H groups in total. The second-order valence-electron chi connectivity index (χ2n) is 6.13. The topological polar surface area (TPSA) is 63.0 Å². The Kier molecular flexibility index (Phi) is 5.36. The van der Waals surface area contributed by atoms with Crippen LogP contribution < -0.4 is 4.74 Å². The van der Waals surface area contributed by atoms with E-state index in [9.17, 15) is 9.18 Å². The number of carbonyl (C=O) groups excluding carboxylic acids is 1. The Morgan fingerprint density at radius 3 is 2.75 bits per heavy atom. The molecule has 140 valence electrons. The van der Waals surface area contributed by atoms with Gasteiger partial charge in [0.1, 0.15) is 29.1 Å². The summed E-state index contributed by atoms with van der Waals surface area (Å²) in [6.45, 7) is 0.277. The number of rotatable bonds is 5. The molecule has 0 saturated carbocycles. The lowest BCUT2D eigenvalue weighted by Gasteiger charge is -2.07. The third-order valence-electron chi connectivity index (χ3n) is 4.16. The number of halogens is 1. The van der Waals surface area contributed by atoms with Gasteiger partial charge in [0.05, 0.1) is 9.95 Å². The summed E-state index contributed by atoms with van der Waals surface area (Å²) in [5, 5.41) is 10.9. The van der Waals surface area contributed by atoms with Crippen LogP contribution in [0.2, 0.25) is 0 Å². The zero-order valence-electron chi connectivity index (χ0n) is 14.6. The summed E-state index contributed by atoms with van der Waals surface area (Å²) in [7, 11) is 0. The van der Waals surface area contributed by atoms with Gasteiger partial charge in [-0.25, -0.2) is 9.37 Å². The van der Waals surface area contributed by atoms with Crippen molar-refractivity contribution in [3.63, 3.8) is 0 Å². The summed E-state index contributed by atoms with van der Waals surface area (Å²) >= 11 is 2.57. The van der Waals surface area contributed by atoms with Crippen molar-refractivity contribution in [1.29, 1.82) is 5.41 Å². The van der Waals surface area contributed by atoms with Gasteiger partial charge in [0, 0.05) is 11.6 Å². The highest BCUT2D eigenvalue weighted by Crippen LogP contribution is 2.41. The second-order valence-corrected chi connectivity index (χ2v) is 8.14. The van der Waals surface area contributed by atoms with E-state index in [2.05, 4.69) is 4.98 Å². The number of thiazole rings is 1. The summed E-state index contributed by atoms with van der Waals surface area (Å²) in [6.07, 6.45) is 3.43. The van der Waals surface area contributed by atoms with Gasteiger partial charge in [0.2, 0.25) is 0 Å². The number of nitrogens with one attached hydrogen (secondary N) is 1. The summed E-state index contributed by atoms with van der Waals surface area (Å²) < 4.78 is 18.9. The molecule has 2 heterocycles. The number of hydrogen-bond donors (Lipinski definition) is 1. The fourth-order valence-electron chi connectivity index (χ4n) is 2.80. The predicted molar refractivity (Wildman–Crippen MR) is 110 cm³/mol. The summed E-state index contributed by atoms with van der Waals surface area (Å²) in [6, 6.07) is 13.6. The van der Waals surface area contributed by atoms with Crippen LogP contribution in [0, 0.1) is 11.2 Å². The monoisotopic (exact) mass is 410 g/mol. The first-order valence-corrected chi connectivity index (χ1v) is 10.2. The molecule has 0 bridgehead atoms. The first-order chi connectivity index (χ1) is 13.6. The summed E-state index contributed by atoms with van der Waals surface area (Å²) in [4.78, 5) is 17.4. The van der Waals surface area contributed by atoms with Gasteiger partial charge >= 0.3 is 0 Å². The molecule has 1 fully saturated rings. The average molecular weight is 410 g/mol. The van der Waals surface area contributed by atoms with E-state index in [1.54, 1.807) is 36.5 Å². The normalized spacial score (nSPS) is 18.0. The maximum atomic E-state index is 13.2. The van der Waals surface area contributed by atoms with Crippen LogP contribution >= 0.6 is 23.1 Å². The van der Waals surface area contributed by atoms with Crippen molar-refractivity contribution in [3.05, 3.63) is 87.0 Å². The Morgan fingerprint density at radius 2 is 2.04 bits per heavy atom. The molecule has 2 aromatic carbocycles. The number of ketones is 1. The van der Waals surface area contributed by atoms with Crippen LogP contribution in [0.4, 0.5) is 4.39 Å². The third-order valence-corrected chi connectivity index (χ3v) is 5.99. The molecule has 0 amide bonds. The number of benzene rings is 2. The van der Waals surface area contributed by atoms with Gasteiger partial charge in [-0.05, 0) is 41.5 Å². The van der Waals surface area contributed by atoms with Gasteiger partial charge in [0.25, 0.3) is 0 Å². The second kappa shape index (κ2) is 8.08. The smallest absolute Gasteiger partial charge is 0.186 e. The van der Waals surface area contributed by atoms with Gasteiger partial charge in [-0.1, -0.05) is 36.0 Å². The molecule has 7 heteroatoms. The molecule has 0 aliphatic carbocycles. The number of thioether (sulfide) groups is 1. The average Bonchev–Trinajstić information content (AvgIpc) is 3.29. The van der Waals surface area contributed by atoms with E-state index in [1.165, 1.54) is 35.2 Å². The molecule has 1 aliphatic heterocycles. The first-order valence-electron chi connectivity index (χ1n) is 8.49. The molecule has 4 rings (SSSR count). The number of allylic oxidation sites excluding steroid dienone is 1. The van der Waals surface area contributed by atoms with E-state index in [4.69, 9.17) is 10.1 Å². The van der Waals surface area contributed by atoms with Crippen LogP contribution in [0.3, 0.4) is 0 Å². The van der Waals surface area contributed by atoms with Crippen LogP contribution in [0.5, 0.6) is 5.75 Å². The SMILES string of the molecule is N=C1S/C(=C\c2ccc(OCc3cccc(F)c3)cc2)C(=O)[C@H]1c1nccs1. The van der Waals surface area contributed by atoms with Crippen molar-refractivity contribution in [2.45, 2.75) is 12.5 Å². The fraction of sp³-hybridized carbons (Fsp3) is 0.0952. The maximum Gasteiger partial charge on any atom is 0.186 e. The van der Waals surface area contributed by atoms with Crippen LogP contribution in [-0.2, 0) is 11.4 Å². The van der Waals surface area contributed by atoms with Gasteiger partial charge in [-0.2, -0.15) is 0 Å². The lowest BCUT2D eigenvalue weighted by molar-refractivity contribution is -0.114. The molecule has 0 unspecified atom stereocenters. The third kappa shape index (κ3) is 4.05. The first kappa shape index (κ1) is 18.6. The lowest BCUT2D eigenvalue weighted by Crippen LogP contribution is -2.11. The molecular formula is C21H15FN2O2S2. The number of carbonyl (C=O) groups is 1. The largest absolute Gasteiger partial charge is 0.489 e. The minimum atomic E-state index is -0.579. The number of nitrogens with zero attached hydrogens (tertiary/aromatic N) is 1. The molecule has 28 heavy (non-hydrogen) atoms. The minimum Gasteiger partial charge on any atom is -0.489 e. The highest BCUT2D eigenvalue weighted by atomic mass is 32.2. The van der Waals surface area contributed by atoms with Gasteiger partial charge < -0.3 is 4.74 Å². The predicted octanol–water partition coefficient (Wildman–Crippen LogP) is 5.28. The standard InChI is InChI=1S/C21H15FN2O2S2/c22-15-3-1-2-14(10-15)12-26-16-6-4-13(5-7-16)11-17-19(25)18(20(23)28-17)21-24-8-9-27-21/h1-11,18,23H,12H2/b17-11-,23-20?/t18-/m1/s1. The summed E-state index contributed by atoms with van der Waals surface area (Å²) in [5.74, 6) is -0.296. The quantitative estimate of drug-likeness (QED) is 0.582. The Balaban J connectivity index is 1.44. The van der Waals surface area contributed by atoms with Crippen LogP contribution in [0.15, 0.2) is 65.0 Å². The van der Waals surface area contributed by atoms with E-state index in [1.807, 2.05) is 17.5 Å². The van der Waals surface area contributed by atoms with Crippen molar-refractivity contribution < 1.29 is 13.9 Å².